The number of phenols is 2. The second-order valence-corrected chi connectivity index (χ2v) is 6.62. The lowest BCUT2D eigenvalue weighted by atomic mass is 9.99. The topological polar surface area (TPSA) is 68.4 Å². The third-order valence-corrected chi connectivity index (χ3v) is 4.69. The highest BCUT2D eigenvalue weighted by Crippen LogP contribution is 2.33. The lowest BCUT2D eigenvalue weighted by Gasteiger charge is -2.22. The van der Waals surface area contributed by atoms with Crippen molar-refractivity contribution < 1.29 is 10.2 Å². The van der Waals surface area contributed by atoms with Gasteiger partial charge in [-0.3, -0.25) is 4.90 Å². The zero-order valence-corrected chi connectivity index (χ0v) is 14.8. The lowest BCUT2D eigenvalue weighted by Crippen LogP contribution is -2.23. The van der Waals surface area contributed by atoms with Gasteiger partial charge in [-0.05, 0) is 60.8 Å². The van der Waals surface area contributed by atoms with Crippen LogP contribution in [-0.4, -0.2) is 28.7 Å². The van der Waals surface area contributed by atoms with Crippen LogP contribution >= 0.6 is 0 Å². The van der Waals surface area contributed by atoms with Gasteiger partial charge in [0.2, 0.25) is 0 Å². The van der Waals surface area contributed by atoms with Crippen molar-refractivity contribution in [3.8, 4) is 11.5 Å². The number of nitrogens with zero attached hydrogens (tertiary/aromatic N) is 3. The number of phenolic OH excluding ortho intramolecular Hbond substituents is 2. The Morgan fingerprint density at radius 3 is 2.48 bits per heavy atom. The number of aryl methyl sites for hydroxylation is 1. The van der Waals surface area contributed by atoms with Gasteiger partial charge < -0.3 is 10.2 Å². The molecule has 0 amide bonds. The molecule has 5 heteroatoms. The van der Waals surface area contributed by atoms with Crippen molar-refractivity contribution in [2.24, 2.45) is 10.2 Å². The van der Waals surface area contributed by atoms with Crippen LogP contribution in [0.3, 0.4) is 0 Å². The van der Waals surface area contributed by atoms with Gasteiger partial charge in [0.1, 0.15) is 17.7 Å². The Hall–Kier alpha value is -2.40. The molecule has 132 valence electrons. The molecule has 0 fully saturated rings. The molecule has 1 heterocycles. The summed E-state index contributed by atoms with van der Waals surface area (Å²) in [4.78, 5) is 2.17. The predicted octanol–water partition coefficient (Wildman–Crippen LogP) is 4.58. The van der Waals surface area contributed by atoms with E-state index in [-0.39, 0.29) is 18.0 Å². The van der Waals surface area contributed by atoms with E-state index in [9.17, 15) is 10.2 Å². The molecule has 0 bridgehead atoms. The number of aromatic hydroxyl groups is 2. The van der Waals surface area contributed by atoms with Crippen LogP contribution in [-0.2, 0) is 6.42 Å². The number of azo groups is 1. The van der Waals surface area contributed by atoms with Crippen molar-refractivity contribution >= 4 is 0 Å². The normalized spacial score (nSPS) is 21.2. The van der Waals surface area contributed by atoms with Crippen molar-refractivity contribution in [1.82, 2.24) is 4.90 Å². The minimum absolute atomic E-state index is 0.000714. The average Bonchev–Trinajstić information content (AvgIpc) is 2.80. The second kappa shape index (κ2) is 7.66. The molecule has 2 atom stereocenters. The first-order chi connectivity index (χ1) is 12.1. The summed E-state index contributed by atoms with van der Waals surface area (Å²) in [6, 6.07) is 12.9. The van der Waals surface area contributed by atoms with E-state index in [1.54, 1.807) is 18.2 Å². The van der Waals surface area contributed by atoms with Crippen LogP contribution in [0.5, 0.6) is 11.5 Å². The second-order valence-electron chi connectivity index (χ2n) is 6.62. The Bertz CT molecular complexity index is 743. The molecule has 1 aliphatic heterocycles. The minimum Gasteiger partial charge on any atom is -0.508 e. The van der Waals surface area contributed by atoms with E-state index in [2.05, 4.69) is 28.1 Å². The third kappa shape index (κ3) is 3.99. The standard InChI is InChI=1S/C20H25N3O2/c1-3-4-16-13-15(7-10-19(16)25)18-11-12-23(2)20(22-21-18)14-5-8-17(24)9-6-14/h5-10,13,18,20,24-25H,3-4,11-12H2,1-2H3. The van der Waals surface area contributed by atoms with E-state index in [4.69, 9.17) is 0 Å². The Balaban J connectivity index is 1.84. The lowest BCUT2D eigenvalue weighted by molar-refractivity contribution is 0.255. The monoisotopic (exact) mass is 339 g/mol. The fourth-order valence-electron chi connectivity index (χ4n) is 3.22. The minimum atomic E-state index is -0.141. The molecule has 0 aromatic heterocycles. The van der Waals surface area contributed by atoms with Crippen LogP contribution < -0.4 is 0 Å². The molecule has 2 N–H and O–H groups in total. The first-order valence-electron chi connectivity index (χ1n) is 8.79. The van der Waals surface area contributed by atoms with Crippen LogP contribution in [0.15, 0.2) is 52.7 Å². The molecular weight excluding hydrogens is 314 g/mol. The molecule has 5 nitrogen and oxygen atoms in total. The maximum Gasteiger partial charge on any atom is 0.148 e. The maximum atomic E-state index is 9.99. The average molecular weight is 339 g/mol. The SMILES string of the molecule is CCCc1cc(C2CCN(C)C(c3ccc(O)cc3)N=N2)ccc1O. The third-order valence-electron chi connectivity index (χ3n) is 4.69. The van der Waals surface area contributed by atoms with Crippen LogP contribution in [0.2, 0.25) is 0 Å². The van der Waals surface area contributed by atoms with E-state index in [0.29, 0.717) is 5.75 Å². The maximum absolute atomic E-state index is 9.99. The molecule has 2 aromatic carbocycles. The van der Waals surface area contributed by atoms with Crippen LogP contribution in [0.1, 0.15) is 48.7 Å². The van der Waals surface area contributed by atoms with Crippen LogP contribution in [0.4, 0.5) is 0 Å². The molecule has 0 radical (unpaired) electrons. The summed E-state index contributed by atoms with van der Waals surface area (Å²) in [5.74, 6) is 0.609. The van der Waals surface area contributed by atoms with E-state index >= 15 is 0 Å². The molecule has 2 aromatic rings. The van der Waals surface area contributed by atoms with Crippen molar-refractivity contribution in [3.05, 3.63) is 59.2 Å². The van der Waals surface area contributed by atoms with Gasteiger partial charge in [-0.25, -0.2) is 0 Å². The van der Waals surface area contributed by atoms with Crippen LogP contribution in [0, 0.1) is 0 Å². The zero-order chi connectivity index (χ0) is 17.8. The Morgan fingerprint density at radius 2 is 1.76 bits per heavy atom. The Kier molecular flexibility index (Phi) is 5.34. The summed E-state index contributed by atoms with van der Waals surface area (Å²) in [7, 11) is 2.04. The van der Waals surface area contributed by atoms with Gasteiger partial charge >= 0.3 is 0 Å². The van der Waals surface area contributed by atoms with Gasteiger partial charge in [0.15, 0.2) is 0 Å². The highest BCUT2D eigenvalue weighted by molar-refractivity contribution is 5.37. The van der Waals surface area contributed by atoms with Gasteiger partial charge in [0, 0.05) is 6.54 Å². The predicted molar refractivity (Wildman–Crippen MR) is 97.8 cm³/mol. The first-order valence-corrected chi connectivity index (χ1v) is 8.79. The zero-order valence-electron chi connectivity index (χ0n) is 14.8. The van der Waals surface area contributed by atoms with E-state index in [0.717, 1.165) is 42.5 Å². The van der Waals surface area contributed by atoms with E-state index in [1.165, 1.54) is 0 Å². The first kappa shape index (κ1) is 17.4. The van der Waals surface area contributed by atoms with Gasteiger partial charge in [0.25, 0.3) is 0 Å². The highest BCUT2D eigenvalue weighted by atomic mass is 16.3. The fourth-order valence-corrected chi connectivity index (χ4v) is 3.22. The smallest absolute Gasteiger partial charge is 0.148 e. The van der Waals surface area contributed by atoms with Gasteiger partial charge in [-0.15, -0.1) is 0 Å². The summed E-state index contributed by atoms with van der Waals surface area (Å²) >= 11 is 0. The summed E-state index contributed by atoms with van der Waals surface area (Å²) < 4.78 is 0. The van der Waals surface area contributed by atoms with Gasteiger partial charge in [0.05, 0.1) is 6.04 Å². The summed E-state index contributed by atoms with van der Waals surface area (Å²) in [5.41, 5.74) is 3.09. The number of hydrogen-bond acceptors (Lipinski definition) is 5. The molecule has 0 saturated carbocycles. The molecule has 0 saturated heterocycles. The number of hydrogen-bond donors (Lipinski definition) is 2. The summed E-state index contributed by atoms with van der Waals surface area (Å²) in [5, 5.41) is 28.6. The number of rotatable bonds is 4. The Morgan fingerprint density at radius 1 is 1.04 bits per heavy atom. The van der Waals surface area contributed by atoms with Crippen molar-refractivity contribution in [1.29, 1.82) is 0 Å². The molecular formula is C20H25N3O2. The Labute approximate surface area is 148 Å². The molecule has 0 spiro atoms. The van der Waals surface area contributed by atoms with Crippen LogP contribution in [0.25, 0.3) is 0 Å². The summed E-state index contributed by atoms with van der Waals surface area (Å²) in [6.45, 7) is 2.97. The molecule has 1 aliphatic rings. The van der Waals surface area contributed by atoms with Crippen molar-refractivity contribution in [3.63, 3.8) is 0 Å². The van der Waals surface area contributed by atoms with Gasteiger partial charge in [-0.1, -0.05) is 31.5 Å². The molecule has 3 rings (SSSR count). The highest BCUT2D eigenvalue weighted by Gasteiger charge is 2.23. The molecule has 0 aliphatic carbocycles. The quantitative estimate of drug-likeness (QED) is 0.857. The number of benzene rings is 2. The van der Waals surface area contributed by atoms with Crippen molar-refractivity contribution in [2.75, 3.05) is 13.6 Å². The fraction of sp³-hybridized carbons (Fsp3) is 0.400. The van der Waals surface area contributed by atoms with E-state index in [1.807, 2.05) is 25.2 Å². The van der Waals surface area contributed by atoms with E-state index < -0.39 is 0 Å². The summed E-state index contributed by atoms with van der Waals surface area (Å²) in [6.07, 6.45) is 2.59. The largest absolute Gasteiger partial charge is 0.508 e. The molecule has 25 heavy (non-hydrogen) atoms. The van der Waals surface area contributed by atoms with Gasteiger partial charge in [-0.2, -0.15) is 10.2 Å². The molecule has 2 unspecified atom stereocenters. The van der Waals surface area contributed by atoms with Crippen molar-refractivity contribution in [2.45, 2.75) is 38.4 Å².